The van der Waals surface area contributed by atoms with Crippen LogP contribution in [-0.4, -0.2) is 34.5 Å². The molecule has 0 saturated carbocycles. The quantitative estimate of drug-likeness (QED) is 0.914. The maximum absolute atomic E-state index is 12.4. The predicted octanol–water partition coefficient (Wildman–Crippen LogP) is 2.93. The molecule has 4 nitrogen and oxygen atoms in total. The highest BCUT2D eigenvalue weighted by molar-refractivity contribution is 6.35. The van der Waals surface area contributed by atoms with Crippen molar-refractivity contribution in [1.29, 1.82) is 0 Å². The van der Waals surface area contributed by atoms with Gasteiger partial charge in [-0.3, -0.25) is 4.79 Å². The highest BCUT2D eigenvalue weighted by Gasteiger charge is 2.40. The van der Waals surface area contributed by atoms with Gasteiger partial charge in [-0.25, -0.2) is 4.79 Å². The lowest BCUT2D eigenvalue weighted by molar-refractivity contribution is -0.142. The van der Waals surface area contributed by atoms with Gasteiger partial charge in [0.2, 0.25) is 0 Å². The fraction of sp³-hybridized carbons (Fsp3) is 0.385. The highest BCUT2D eigenvalue weighted by atomic mass is 35.5. The number of carbonyl (C=O) groups is 2. The number of rotatable bonds is 2. The Morgan fingerprint density at radius 1 is 1.37 bits per heavy atom. The van der Waals surface area contributed by atoms with E-state index in [0.29, 0.717) is 18.0 Å². The zero-order valence-electron chi connectivity index (χ0n) is 10.3. The van der Waals surface area contributed by atoms with Crippen LogP contribution in [0.25, 0.3) is 0 Å². The minimum Gasteiger partial charge on any atom is -0.480 e. The van der Waals surface area contributed by atoms with Crippen LogP contribution in [0.15, 0.2) is 18.2 Å². The van der Waals surface area contributed by atoms with E-state index < -0.39 is 12.0 Å². The molecule has 1 aromatic rings. The summed E-state index contributed by atoms with van der Waals surface area (Å²) >= 11 is 11.8. The number of nitrogens with zero attached hydrogens (tertiary/aromatic N) is 1. The van der Waals surface area contributed by atoms with Gasteiger partial charge in [0.25, 0.3) is 5.91 Å². The van der Waals surface area contributed by atoms with Gasteiger partial charge in [-0.2, -0.15) is 0 Å². The van der Waals surface area contributed by atoms with Crippen molar-refractivity contribution in [2.75, 3.05) is 6.54 Å². The molecule has 1 N–H and O–H groups in total. The van der Waals surface area contributed by atoms with Crippen molar-refractivity contribution in [1.82, 2.24) is 4.90 Å². The van der Waals surface area contributed by atoms with E-state index in [-0.39, 0.29) is 22.4 Å². The second-order valence-electron chi connectivity index (χ2n) is 4.67. The molecule has 2 atom stereocenters. The van der Waals surface area contributed by atoms with Gasteiger partial charge < -0.3 is 10.0 Å². The molecular formula is C13H13Cl2NO3. The zero-order chi connectivity index (χ0) is 14.2. The fourth-order valence-electron chi connectivity index (χ4n) is 2.37. The number of amides is 1. The standard InChI is InChI=1S/C13H13Cl2NO3/c1-7-4-5-16(11(7)13(18)19)12(17)9-6-8(14)2-3-10(9)15/h2-3,6-7,11H,4-5H2,1H3,(H,18,19). The molecule has 1 amide bonds. The molecule has 0 radical (unpaired) electrons. The maximum Gasteiger partial charge on any atom is 0.326 e. The van der Waals surface area contributed by atoms with Crippen molar-refractivity contribution in [3.8, 4) is 0 Å². The normalized spacial score (nSPS) is 22.6. The fourth-order valence-corrected chi connectivity index (χ4v) is 2.74. The van der Waals surface area contributed by atoms with Gasteiger partial charge in [-0.1, -0.05) is 30.1 Å². The van der Waals surface area contributed by atoms with E-state index in [9.17, 15) is 14.7 Å². The average molecular weight is 302 g/mol. The highest BCUT2D eigenvalue weighted by Crippen LogP contribution is 2.29. The minimum atomic E-state index is -0.989. The van der Waals surface area contributed by atoms with Crippen LogP contribution in [0.3, 0.4) is 0 Å². The van der Waals surface area contributed by atoms with Crippen molar-refractivity contribution in [3.05, 3.63) is 33.8 Å². The predicted molar refractivity (Wildman–Crippen MR) is 72.7 cm³/mol. The zero-order valence-corrected chi connectivity index (χ0v) is 11.8. The summed E-state index contributed by atoms with van der Waals surface area (Å²) in [6, 6.07) is 3.78. The van der Waals surface area contributed by atoms with Crippen molar-refractivity contribution < 1.29 is 14.7 Å². The molecule has 1 fully saturated rings. The number of carbonyl (C=O) groups excluding carboxylic acids is 1. The summed E-state index contributed by atoms with van der Waals surface area (Å²) in [7, 11) is 0. The number of likely N-dealkylation sites (tertiary alicyclic amines) is 1. The Hall–Kier alpha value is -1.26. The second-order valence-corrected chi connectivity index (χ2v) is 5.52. The summed E-state index contributed by atoms with van der Waals surface area (Å²) in [5.74, 6) is -1.44. The van der Waals surface area contributed by atoms with Crippen molar-refractivity contribution in [2.45, 2.75) is 19.4 Å². The molecule has 6 heteroatoms. The van der Waals surface area contributed by atoms with Gasteiger partial charge in [-0.05, 0) is 30.5 Å². The molecule has 1 aliphatic rings. The molecule has 0 aliphatic carbocycles. The first-order valence-corrected chi connectivity index (χ1v) is 6.66. The lowest BCUT2D eigenvalue weighted by Gasteiger charge is -2.23. The Morgan fingerprint density at radius 2 is 2.05 bits per heavy atom. The first kappa shape index (κ1) is 14.2. The Bertz CT molecular complexity index is 533. The van der Waals surface area contributed by atoms with Gasteiger partial charge in [0.05, 0.1) is 10.6 Å². The van der Waals surface area contributed by atoms with Crippen molar-refractivity contribution in [3.63, 3.8) is 0 Å². The lowest BCUT2D eigenvalue weighted by Crippen LogP contribution is -2.42. The number of halogens is 2. The van der Waals surface area contributed by atoms with E-state index in [1.54, 1.807) is 6.07 Å². The third-order valence-corrected chi connectivity index (χ3v) is 3.94. The molecular weight excluding hydrogens is 289 g/mol. The molecule has 0 spiro atoms. The Balaban J connectivity index is 2.33. The van der Waals surface area contributed by atoms with Crippen LogP contribution in [0.4, 0.5) is 0 Å². The molecule has 1 aliphatic heterocycles. The Morgan fingerprint density at radius 3 is 2.68 bits per heavy atom. The summed E-state index contributed by atoms with van der Waals surface area (Å²) in [6.45, 7) is 2.24. The maximum atomic E-state index is 12.4. The largest absolute Gasteiger partial charge is 0.480 e. The van der Waals surface area contributed by atoms with Gasteiger partial charge in [-0.15, -0.1) is 0 Å². The van der Waals surface area contributed by atoms with Crippen LogP contribution < -0.4 is 0 Å². The summed E-state index contributed by atoms with van der Waals surface area (Å²) < 4.78 is 0. The molecule has 1 heterocycles. The van der Waals surface area contributed by atoms with Crippen LogP contribution >= 0.6 is 23.2 Å². The van der Waals surface area contributed by atoms with E-state index in [2.05, 4.69) is 0 Å². The summed E-state index contributed by atoms with van der Waals surface area (Å²) in [5.41, 5.74) is 0.245. The van der Waals surface area contributed by atoms with E-state index in [1.165, 1.54) is 17.0 Å². The van der Waals surface area contributed by atoms with Gasteiger partial charge in [0, 0.05) is 11.6 Å². The molecule has 102 valence electrons. The number of hydrogen-bond acceptors (Lipinski definition) is 2. The first-order chi connectivity index (χ1) is 8.91. The smallest absolute Gasteiger partial charge is 0.326 e. The molecule has 0 aromatic heterocycles. The molecule has 0 bridgehead atoms. The van der Waals surface area contributed by atoms with Crippen LogP contribution in [0.1, 0.15) is 23.7 Å². The molecule has 1 aromatic carbocycles. The number of aliphatic carboxylic acids is 1. The molecule has 1 saturated heterocycles. The number of benzene rings is 1. The molecule has 2 rings (SSSR count). The van der Waals surface area contributed by atoms with E-state index in [4.69, 9.17) is 23.2 Å². The van der Waals surface area contributed by atoms with Crippen molar-refractivity contribution in [2.24, 2.45) is 5.92 Å². The Kier molecular flexibility index (Phi) is 4.02. The third kappa shape index (κ3) is 2.69. The summed E-state index contributed by atoms with van der Waals surface area (Å²) in [5, 5.41) is 9.89. The first-order valence-electron chi connectivity index (χ1n) is 5.90. The van der Waals surface area contributed by atoms with Gasteiger partial charge in [0.1, 0.15) is 6.04 Å². The van der Waals surface area contributed by atoms with E-state index in [0.717, 1.165) is 0 Å². The molecule has 19 heavy (non-hydrogen) atoms. The third-order valence-electron chi connectivity index (χ3n) is 3.37. The molecule has 2 unspecified atom stereocenters. The van der Waals surface area contributed by atoms with Crippen LogP contribution in [0, 0.1) is 5.92 Å². The monoisotopic (exact) mass is 301 g/mol. The average Bonchev–Trinajstić information content (AvgIpc) is 2.73. The summed E-state index contributed by atoms with van der Waals surface area (Å²) in [4.78, 5) is 25.0. The number of carboxylic acid groups (broad SMARTS) is 1. The van der Waals surface area contributed by atoms with Gasteiger partial charge in [0.15, 0.2) is 0 Å². The second kappa shape index (κ2) is 5.39. The number of carboxylic acids is 1. The van der Waals surface area contributed by atoms with Crippen LogP contribution in [0.2, 0.25) is 10.0 Å². The van der Waals surface area contributed by atoms with E-state index >= 15 is 0 Å². The van der Waals surface area contributed by atoms with Gasteiger partial charge >= 0.3 is 5.97 Å². The number of hydrogen-bond donors (Lipinski definition) is 1. The minimum absolute atomic E-state index is 0.0700. The lowest BCUT2D eigenvalue weighted by atomic mass is 10.0. The van der Waals surface area contributed by atoms with Crippen LogP contribution in [0.5, 0.6) is 0 Å². The van der Waals surface area contributed by atoms with Crippen LogP contribution in [-0.2, 0) is 4.79 Å². The Labute approximate surface area is 120 Å². The van der Waals surface area contributed by atoms with Crippen molar-refractivity contribution >= 4 is 35.1 Å². The topological polar surface area (TPSA) is 57.6 Å². The SMILES string of the molecule is CC1CCN(C(=O)c2cc(Cl)ccc2Cl)C1C(=O)O. The van der Waals surface area contributed by atoms with E-state index in [1.807, 2.05) is 6.92 Å². The summed E-state index contributed by atoms with van der Waals surface area (Å²) in [6.07, 6.45) is 0.668.